The zero-order valence-corrected chi connectivity index (χ0v) is 18.9. The molecule has 0 spiro atoms. The lowest BCUT2D eigenvalue weighted by atomic mass is 10.0. The summed E-state index contributed by atoms with van der Waals surface area (Å²) in [6.45, 7) is 3.75. The van der Waals surface area contributed by atoms with Gasteiger partial charge in [-0.05, 0) is 54.8 Å². The van der Waals surface area contributed by atoms with Crippen molar-refractivity contribution in [2.75, 3.05) is 12.8 Å². The van der Waals surface area contributed by atoms with Gasteiger partial charge in [0.25, 0.3) is 0 Å². The molecule has 0 aliphatic rings. The predicted molar refractivity (Wildman–Crippen MR) is 128 cm³/mol. The van der Waals surface area contributed by atoms with Gasteiger partial charge in [0.1, 0.15) is 11.9 Å². The monoisotopic (exact) mass is 457 g/mol. The van der Waals surface area contributed by atoms with Crippen LogP contribution in [0.25, 0.3) is 16.7 Å². The van der Waals surface area contributed by atoms with Crippen LogP contribution in [0.5, 0.6) is 5.75 Å². The van der Waals surface area contributed by atoms with Crippen LogP contribution in [0.15, 0.2) is 59.7 Å². The number of benzene rings is 2. The minimum Gasteiger partial charge on any atom is -0.482 e. The Bertz CT molecular complexity index is 1140. The molecule has 0 bridgehead atoms. The van der Waals surface area contributed by atoms with Gasteiger partial charge in [-0.25, -0.2) is 9.37 Å². The Morgan fingerprint density at radius 1 is 1.16 bits per heavy atom. The number of anilines is 1. The number of pyridine rings is 1. The Labute approximate surface area is 191 Å². The zero-order chi connectivity index (χ0) is 22.5. The van der Waals surface area contributed by atoms with E-state index in [1.54, 1.807) is 32.4 Å². The van der Waals surface area contributed by atoms with Crippen molar-refractivity contribution in [2.24, 2.45) is 4.99 Å². The molecule has 1 aromatic heterocycles. The molecule has 2 aromatic carbocycles. The van der Waals surface area contributed by atoms with Crippen molar-refractivity contribution in [1.29, 1.82) is 0 Å². The molecule has 0 aliphatic heterocycles. The fourth-order valence-electron chi connectivity index (χ4n) is 3.08. The Balaban J connectivity index is 1.88. The van der Waals surface area contributed by atoms with Gasteiger partial charge in [0.15, 0.2) is 11.6 Å². The molecule has 1 unspecified atom stereocenters. The first-order valence-electron chi connectivity index (χ1n) is 9.57. The first-order chi connectivity index (χ1) is 14.8. The summed E-state index contributed by atoms with van der Waals surface area (Å²) < 4.78 is 19.9. The van der Waals surface area contributed by atoms with E-state index in [0.29, 0.717) is 16.3 Å². The Morgan fingerprint density at radius 2 is 1.87 bits per heavy atom. The zero-order valence-electron chi connectivity index (χ0n) is 17.4. The number of allylic oxidation sites excluding steroid dienone is 2. The Kier molecular flexibility index (Phi) is 7.31. The van der Waals surface area contributed by atoms with Gasteiger partial charge in [0.05, 0.1) is 5.02 Å². The average Bonchev–Trinajstić information content (AvgIpc) is 2.76. The van der Waals surface area contributed by atoms with Gasteiger partial charge in [-0.1, -0.05) is 47.5 Å². The smallest absolute Gasteiger partial charge is 0.166 e. The van der Waals surface area contributed by atoms with Crippen LogP contribution in [0.4, 0.5) is 10.2 Å². The van der Waals surface area contributed by atoms with E-state index in [9.17, 15) is 4.39 Å². The number of aliphatic imine (C=N–C) groups is 1. The van der Waals surface area contributed by atoms with E-state index in [1.165, 1.54) is 12.1 Å². The molecular formula is C24H22Cl2FN3O. The number of nitrogens with two attached hydrogens (primary N) is 1. The van der Waals surface area contributed by atoms with Crippen LogP contribution in [-0.2, 0) is 0 Å². The quantitative estimate of drug-likeness (QED) is 0.319. The van der Waals surface area contributed by atoms with Gasteiger partial charge in [-0.2, -0.15) is 0 Å². The number of halogens is 3. The summed E-state index contributed by atoms with van der Waals surface area (Å²) in [7, 11) is 1.73. The molecule has 0 fully saturated rings. The molecule has 4 nitrogen and oxygen atoms in total. The predicted octanol–water partition coefficient (Wildman–Crippen LogP) is 7.02. The van der Waals surface area contributed by atoms with Crippen molar-refractivity contribution < 1.29 is 9.13 Å². The molecule has 3 rings (SSSR count). The van der Waals surface area contributed by atoms with Crippen LogP contribution in [0.1, 0.15) is 31.1 Å². The number of nitrogens with zero attached hydrogens (tertiary/aromatic N) is 2. The summed E-state index contributed by atoms with van der Waals surface area (Å²) in [5, 5.41) is 0.239. The SMILES string of the molecule is CN=C/C=C(\C)c1ccc(-c2cnc(N)c(OC(C)c3c(Cl)ccc(F)c3Cl)c2)cc1. The largest absolute Gasteiger partial charge is 0.482 e. The first-order valence-corrected chi connectivity index (χ1v) is 10.3. The molecule has 0 aliphatic carbocycles. The minimum atomic E-state index is -0.634. The van der Waals surface area contributed by atoms with Gasteiger partial charge in [-0.3, -0.25) is 4.99 Å². The Hall–Kier alpha value is -2.89. The fraction of sp³-hybridized carbons (Fsp3) is 0.167. The van der Waals surface area contributed by atoms with Gasteiger partial charge in [0.2, 0.25) is 0 Å². The highest BCUT2D eigenvalue weighted by Gasteiger charge is 2.20. The molecule has 31 heavy (non-hydrogen) atoms. The van der Waals surface area contributed by atoms with E-state index in [1.807, 2.05) is 37.3 Å². The van der Waals surface area contributed by atoms with E-state index in [-0.39, 0.29) is 10.8 Å². The molecule has 1 heterocycles. The van der Waals surface area contributed by atoms with Crippen LogP contribution < -0.4 is 10.5 Å². The van der Waals surface area contributed by atoms with Crippen LogP contribution in [0.3, 0.4) is 0 Å². The molecular weight excluding hydrogens is 436 g/mol. The summed E-state index contributed by atoms with van der Waals surface area (Å²) in [4.78, 5) is 8.22. The van der Waals surface area contributed by atoms with Crippen molar-refractivity contribution >= 4 is 40.8 Å². The average molecular weight is 458 g/mol. The standard InChI is InChI=1S/C24H22Cl2FN3O/c1-14(10-11-29-3)16-4-6-17(7-5-16)18-12-21(24(28)30-13-18)31-15(2)22-19(25)8-9-20(27)23(22)26/h4-13,15H,1-3H3,(H2,28,30)/b14-10+,29-11?. The third-order valence-electron chi connectivity index (χ3n) is 4.82. The molecule has 0 saturated heterocycles. The van der Waals surface area contributed by atoms with Gasteiger partial charge >= 0.3 is 0 Å². The van der Waals surface area contributed by atoms with Crippen LogP contribution in [-0.4, -0.2) is 18.2 Å². The molecule has 0 amide bonds. The molecule has 0 saturated carbocycles. The molecule has 160 valence electrons. The second-order valence-electron chi connectivity index (χ2n) is 6.96. The lowest BCUT2D eigenvalue weighted by Crippen LogP contribution is -2.08. The maximum atomic E-state index is 13.9. The highest BCUT2D eigenvalue weighted by atomic mass is 35.5. The lowest BCUT2D eigenvalue weighted by Gasteiger charge is -2.19. The highest BCUT2D eigenvalue weighted by molar-refractivity contribution is 6.36. The molecule has 1 atom stereocenters. The summed E-state index contributed by atoms with van der Waals surface area (Å²) in [6, 6.07) is 12.5. The molecule has 3 aromatic rings. The highest BCUT2D eigenvalue weighted by Crippen LogP contribution is 2.37. The Morgan fingerprint density at radius 3 is 2.55 bits per heavy atom. The van der Waals surface area contributed by atoms with E-state index < -0.39 is 11.9 Å². The second kappa shape index (κ2) is 9.94. The van der Waals surface area contributed by atoms with E-state index >= 15 is 0 Å². The van der Waals surface area contributed by atoms with Crippen molar-refractivity contribution in [1.82, 2.24) is 4.98 Å². The first kappa shape index (κ1) is 22.8. The van der Waals surface area contributed by atoms with Crippen molar-refractivity contribution in [2.45, 2.75) is 20.0 Å². The number of hydrogen-bond donors (Lipinski definition) is 1. The lowest BCUT2D eigenvalue weighted by molar-refractivity contribution is 0.227. The number of aromatic nitrogens is 1. The van der Waals surface area contributed by atoms with Crippen molar-refractivity contribution in [3.8, 4) is 16.9 Å². The summed E-state index contributed by atoms with van der Waals surface area (Å²) in [6.07, 6.45) is 4.76. The molecule has 7 heteroatoms. The van der Waals surface area contributed by atoms with E-state index in [2.05, 4.69) is 9.98 Å². The van der Waals surface area contributed by atoms with Gasteiger partial charge in [0, 0.05) is 35.6 Å². The summed E-state index contributed by atoms with van der Waals surface area (Å²) in [5.41, 5.74) is 10.3. The second-order valence-corrected chi connectivity index (χ2v) is 7.74. The topological polar surface area (TPSA) is 60.5 Å². The molecule has 0 radical (unpaired) electrons. The normalized spacial score (nSPS) is 12.9. The maximum absolute atomic E-state index is 13.9. The van der Waals surface area contributed by atoms with E-state index in [0.717, 1.165) is 22.3 Å². The van der Waals surface area contributed by atoms with Crippen molar-refractivity contribution in [3.05, 3.63) is 81.7 Å². The number of rotatable bonds is 6. The van der Waals surface area contributed by atoms with E-state index in [4.69, 9.17) is 33.7 Å². The fourth-order valence-corrected chi connectivity index (χ4v) is 3.76. The summed E-state index contributed by atoms with van der Waals surface area (Å²) >= 11 is 12.3. The number of nitrogen functional groups attached to an aromatic ring is 1. The summed E-state index contributed by atoms with van der Waals surface area (Å²) in [5.74, 6) is 0.0141. The van der Waals surface area contributed by atoms with Crippen LogP contribution in [0.2, 0.25) is 10.0 Å². The number of ether oxygens (including phenoxy) is 1. The molecule has 2 N–H and O–H groups in total. The third-order valence-corrected chi connectivity index (χ3v) is 5.53. The van der Waals surface area contributed by atoms with Gasteiger partial charge in [-0.15, -0.1) is 0 Å². The minimum absolute atomic E-state index is 0.0742. The maximum Gasteiger partial charge on any atom is 0.166 e. The van der Waals surface area contributed by atoms with Crippen LogP contribution >= 0.6 is 23.2 Å². The third kappa shape index (κ3) is 5.24. The number of hydrogen-bond acceptors (Lipinski definition) is 4. The van der Waals surface area contributed by atoms with Crippen LogP contribution in [0, 0.1) is 5.82 Å². The van der Waals surface area contributed by atoms with Gasteiger partial charge < -0.3 is 10.5 Å². The van der Waals surface area contributed by atoms with Crippen molar-refractivity contribution in [3.63, 3.8) is 0 Å².